The van der Waals surface area contributed by atoms with E-state index < -0.39 is 0 Å². The molecule has 188 valence electrons. The van der Waals surface area contributed by atoms with Crippen LogP contribution in [-0.2, 0) is 6.42 Å². The van der Waals surface area contributed by atoms with Gasteiger partial charge in [0, 0.05) is 0 Å². The molecule has 0 heteroatoms. The molecule has 1 aromatic rings. The number of hydrogen-bond donors (Lipinski definition) is 0. The van der Waals surface area contributed by atoms with E-state index in [1.165, 1.54) is 82.6 Å². The second-order valence-corrected chi connectivity index (χ2v) is 14.1. The summed E-state index contributed by atoms with van der Waals surface area (Å²) in [6.45, 7) is 12.9. The van der Waals surface area contributed by atoms with Crippen molar-refractivity contribution in [1.82, 2.24) is 0 Å². The number of allylic oxidation sites excluding steroid dienone is 2. The van der Waals surface area contributed by atoms with Crippen molar-refractivity contribution in [3.63, 3.8) is 0 Å². The molecular formula is C34H52. The lowest BCUT2D eigenvalue weighted by Crippen LogP contribution is -2.52. The maximum atomic E-state index is 2.75. The van der Waals surface area contributed by atoms with Crippen LogP contribution < -0.4 is 0 Å². The van der Waals surface area contributed by atoms with Crippen LogP contribution >= 0.6 is 0 Å². The molecule has 34 heavy (non-hydrogen) atoms. The van der Waals surface area contributed by atoms with Crippen molar-refractivity contribution < 1.29 is 0 Å². The quantitative estimate of drug-likeness (QED) is 0.355. The highest BCUT2D eigenvalue weighted by Crippen LogP contribution is 2.68. The third-order valence-corrected chi connectivity index (χ3v) is 11.9. The highest BCUT2D eigenvalue weighted by Gasteiger charge is 2.60. The maximum Gasteiger partial charge on any atom is -0.00670 e. The monoisotopic (exact) mass is 460 g/mol. The van der Waals surface area contributed by atoms with E-state index in [1.54, 1.807) is 5.57 Å². The van der Waals surface area contributed by atoms with Crippen molar-refractivity contribution in [1.29, 1.82) is 0 Å². The van der Waals surface area contributed by atoms with Gasteiger partial charge in [-0.25, -0.2) is 0 Å². The zero-order valence-corrected chi connectivity index (χ0v) is 23.0. The fourth-order valence-corrected chi connectivity index (χ4v) is 9.98. The number of fused-ring (bicyclic) bond motifs is 5. The fraction of sp³-hybridized carbons (Fsp3) is 0.765. The van der Waals surface area contributed by atoms with E-state index in [0.717, 1.165) is 41.4 Å². The van der Waals surface area contributed by atoms with E-state index >= 15 is 0 Å². The van der Waals surface area contributed by atoms with Crippen LogP contribution in [0.1, 0.15) is 111 Å². The summed E-state index contributed by atoms with van der Waals surface area (Å²) in [6.07, 6.45) is 20.0. The molecule has 0 aromatic heterocycles. The van der Waals surface area contributed by atoms with Crippen molar-refractivity contribution >= 4 is 0 Å². The van der Waals surface area contributed by atoms with Crippen molar-refractivity contribution in [2.75, 3.05) is 0 Å². The van der Waals surface area contributed by atoms with Crippen molar-refractivity contribution in [3.8, 4) is 0 Å². The first-order chi connectivity index (χ1) is 16.3. The predicted molar refractivity (Wildman–Crippen MR) is 147 cm³/mol. The van der Waals surface area contributed by atoms with E-state index in [-0.39, 0.29) is 0 Å². The SMILES string of the molecule is CC(C)CCC[C@@H](C)[C@H]1CC[C@H]2[C@@H]3CC[C@H]4CC(Cc5ccccc5)=CC[C@]4(C)[C@H]3CC[C@]12C. The van der Waals surface area contributed by atoms with Crippen LogP contribution in [-0.4, -0.2) is 0 Å². The molecule has 1 aromatic carbocycles. The molecule has 0 aliphatic heterocycles. The molecule has 0 nitrogen and oxygen atoms in total. The van der Waals surface area contributed by atoms with E-state index in [0.29, 0.717) is 10.8 Å². The second kappa shape index (κ2) is 9.78. The summed E-state index contributed by atoms with van der Waals surface area (Å²) in [7, 11) is 0. The van der Waals surface area contributed by atoms with Crippen LogP contribution in [0.4, 0.5) is 0 Å². The van der Waals surface area contributed by atoms with Crippen molar-refractivity contribution in [3.05, 3.63) is 47.5 Å². The van der Waals surface area contributed by atoms with Crippen LogP contribution in [0.25, 0.3) is 0 Å². The van der Waals surface area contributed by atoms with E-state index in [9.17, 15) is 0 Å². The average molecular weight is 461 g/mol. The molecular weight excluding hydrogens is 408 g/mol. The first kappa shape index (κ1) is 24.6. The Balaban J connectivity index is 1.27. The van der Waals surface area contributed by atoms with Gasteiger partial charge in [0.25, 0.3) is 0 Å². The van der Waals surface area contributed by atoms with Crippen LogP contribution in [0.5, 0.6) is 0 Å². The van der Waals surface area contributed by atoms with Gasteiger partial charge in [-0.15, -0.1) is 0 Å². The lowest BCUT2D eigenvalue weighted by molar-refractivity contribution is -0.102. The Labute approximate surface area is 211 Å². The molecule has 0 heterocycles. The van der Waals surface area contributed by atoms with Gasteiger partial charge in [-0.05, 0) is 116 Å². The Hall–Kier alpha value is -1.04. The average Bonchev–Trinajstić information content (AvgIpc) is 3.17. The van der Waals surface area contributed by atoms with E-state index in [2.05, 4.69) is 71.0 Å². The number of benzene rings is 1. The Morgan fingerprint density at radius 2 is 1.62 bits per heavy atom. The van der Waals surface area contributed by atoms with Gasteiger partial charge >= 0.3 is 0 Å². The molecule has 0 spiro atoms. The lowest BCUT2D eigenvalue weighted by atomic mass is 9.44. The number of rotatable bonds is 7. The van der Waals surface area contributed by atoms with E-state index in [1.807, 2.05) is 0 Å². The summed E-state index contributed by atoms with van der Waals surface area (Å²) in [5, 5.41) is 0. The first-order valence-electron chi connectivity index (χ1n) is 15.0. The summed E-state index contributed by atoms with van der Waals surface area (Å²) < 4.78 is 0. The Bertz CT molecular complexity index is 848. The fourth-order valence-electron chi connectivity index (χ4n) is 9.98. The molecule has 0 N–H and O–H groups in total. The summed E-state index contributed by atoms with van der Waals surface area (Å²) in [5.41, 5.74) is 4.42. The summed E-state index contributed by atoms with van der Waals surface area (Å²) in [6, 6.07) is 11.2. The topological polar surface area (TPSA) is 0 Å². The van der Waals surface area contributed by atoms with Crippen LogP contribution in [0.2, 0.25) is 0 Å². The molecule has 3 saturated carbocycles. The predicted octanol–water partition coefficient (Wildman–Crippen LogP) is 9.89. The zero-order chi connectivity index (χ0) is 23.9. The van der Waals surface area contributed by atoms with Crippen molar-refractivity contribution in [2.24, 2.45) is 52.3 Å². The molecule has 5 rings (SSSR count). The van der Waals surface area contributed by atoms with Gasteiger partial charge in [0.15, 0.2) is 0 Å². The Kier molecular flexibility index (Phi) is 7.09. The van der Waals surface area contributed by atoms with Crippen LogP contribution in [0, 0.1) is 52.3 Å². The molecule has 4 aliphatic rings. The molecule has 0 bridgehead atoms. The Morgan fingerprint density at radius 3 is 2.38 bits per heavy atom. The zero-order valence-electron chi connectivity index (χ0n) is 23.0. The van der Waals surface area contributed by atoms with Gasteiger partial charge in [-0.3, -0.25) is 0 Å². The van der Waals surface area contributed by atoms with Gasteiger partial charge in [0.05, 0.1) is 0 Å². The standard InChI is InChI=1S/C34H52/c1-24(2)10-9-11-25(3)30-16-17-31-29-15-14-28-23-27(22-26-12-7-6-8-13-26)18-20-33(28,4)32(29)19-21-34(30,31)5/h6-8,12-13,18,24-25,28-32H,9-11,14-17,19-23H2,1-5H3/t25-,28+,29+,30-,31+,32+,33+,34-/m1/s1. The van der Waals surface area contributed by atoms with E-state index in [4.69, 9.17) is 0 Å². The van der Waals surface area contributed by atoms with Gasteiger partial charge in [0.1, 0.15) is 0 Å². The van der Waals surface area contributed by atoms with Crippen LogP contribution in [0.15, 0.2) is 42.0 Å². The van der Waals surface area contributed by atoms with Gasteiger partial charge in [-0.2, -0.15) is 0 Å². The number of hydrogen-bond acceptors (Lipinski definition) is 0. The molecule has 0 saturated heterocycles. The van der Waals surface area contributed by atoms with Gasteiger partial charge in [-0.1, -0.05) is 95.9 Å². The first-order valence-corrected chi connectivity index (χ1v) is 15.0. The third kappa shape index (κ3) is 4.46. The molecule has 8 atom stereocenters. The molecule has 3 fully saturated rings. The van der Waals surface area contributed by atoms with Gasteiger partial charge < -0.3 is 0 Å². The minimum absolute atomic E-state index is 0.561. The minimum Gasteiger partial charge on any atom is -0.0844 e. The summed E-state index contributed by atoms with van der Waals surface area (Å²) in [4.78, 5) is 0. The molecule has 0 radical (unpaired) electrons. The normalized spacial score (nSPS) is 40.3. The highest BCUT2D eigenvalue weighted by molar-refractivity contribution is 5.25. The van der Waals surface area contributed by atoms with Crippen LogP contribution in [0.3, 0.4) is 0 Å². The minimum atomic E-state index is 0.561. The molecule has 4 aliphatic carbocycles. The third-order valence-electron chi connectivity index (χ3n) is 11.9. The molecule has 0 unspecified atom stereocenters. The van der Waals surface area contributed by atoms with Crippen molar-refractivity contribution in [2.45, 2.75) is 112 Å². The summed E-state index contributed by atoms with van der Waals surface area (Å²) in [5.74, 6) is 6.70. The Morgan fingerprint density at radius 1 is 0.853 bits per heavy atom. The largest absolute Gasteiger partial charge is 0.0844 e. The van der Waals surface area contributed by atoms with Gasteiger partial charge in [0.2, 0.25) is 0 Å². The smallest absolute Gasteiger partial charge is 0.00670 e. The lowest BCUT2D eigenvalue weighted by Gasteiger charge is -2.60. The molecule has 0 amide bonds. The highest BCUT2D eigenvalue weighted by atomic mass is 14.6. The second-order valence-electron chi connectivity index (χ2n) is 14.1. The summed E-state index contributed by atoms with van der Waals surface area (Å²) >= 11 is 0. The maximum absolute atomic E-state index is 2.75.